The monoisotopic (exact) mass is 337 g/mol. The first-order chi connectivity index (χ1) is 10.9. The van der Waals surface area contributed by atoms with E-state index >= 15 is 0 Å². The molecule has 120 valence electrons. The number of amides is 1. The van der Waals surface area contributed by atoms with Crippen LogP contribution < -0.4 is 5.32 Å². The summed E-state index contributed by atoms with van der Waals surface area (Å²) in [5, 5.41) is 12.3. The second-order valence-corrected chi connectivity index (χ2v) is 5.19. The molecule has 0 saturated carbocycles. The number of hydrogen-bond acceptors (Lipinski definition) is 4. The number of hydrogen-bond donors (Lipinski definition) is 2. The fourth-order valence-electron chi connectivity index (χ4n) is 1.75. The number of aromatic hydroxyl groups is 1. The van der Waals surface area contributed by atoms with Crippen molar-refractivity contribution >= 4 is 29.2 Å². The molecular weight excluding hydrogens is 325 g/mol. The molecule has 0 unspecified atom stereocenters. The van der Waals surface area contributed by atoms with Crippen molar-refractivity contribution in [3.63, 3.8) is 0 Å². The number of carbonyl (C=O) groups is 2. The molecule has 0 saturated heterocycles. The lowest BCUT2D eigenvalue weighted by Crippen LogP contribution is -2.21. The number of anilines is 1. The molecule has 2 aromatic rings. The lowest BCUT2D eigenvalue weighted by atomic mass is 10.2. The van der Waals surface area contributed by atoms with Crippen molar-refractivity contribution in [2.75, 3.05) is 11.9 Å². The summed E-state index contributed by atoms with van der Waals surface area (Å²) in [6.07, 6.45) is 0. The Morgan fingerprint density at radius 1 is 1.26 bits per heavy atom. The van der Waals surface area contributed by atoms with E-state index < -0.39 is 24.3 Å². The molecule has 2 N–H and O–H groups in total. The molecule has 0 heterocycles. The fraction of sp³-hybridized carbons (Fsp3) is 0.125. The van der Waals surface area contributed by atoms with Crippen molar-refractivity contribution in [1.29, 1.82) is 0 Å². The number of esters is 1. The Hall–Kier alpha value is -2.60. The normalized spacial score (nSPS) is 10.2. The average Bonchev–Trinajstić information content (AvgIpc) is 2.48. The summed E-state index contributed by atoms with van der Waals surface area (Å²) in [6.45, 7) is 1.03. The van der Waals surface area contributed by atoms with E-state index in [4.69, 9.17) is 16.3 Å². The predicted molar refractivity (Wildman–Crippen MR) is 83.2 cm³/mol. The zero-order valence-electron chi connectivity index (χ0n) is 12.1. The van der Waals surface area contributed by atoms with Crippen LogP contribution in [-0.4, -0.2) is 23.6 Å². The van der Waals surface area contributed by atoms with Gasteiger partial charge in [-0.25, -0.2) is 9.18 Å². The highest BCUT2D eigenvalue weighted by Gasteiger charge is 2.15. The number of phenolic OH excluding ortho intramolecular Hbond substituents is 1. The van der Waals surface area contributed by atoms with Crippen LogP contribution in [0.4, 0.5) is 10.1 Å². The molecule has 0 atom stereocenters. The predicted octanol–water partition coefficient (Wildman–Crippen LogP) is 3.29. The number of benzene rings is 2. The van der Waals surface area contributed by atoms with E-state index in [0.717, 1.165) is 0 Å². The number of carbonyl (C=O) groups excluding carboxylic acids is 2. The van der Waals surface area contributed by atoms with Crippen molar-refractivity contribution in [3.8, 4) is 5.75 Å². The summed E-state index contributed by atoms with van der Waals surface area (Å²) in [7, 11) is 0. The van der Waals surface area contributed by atoms with Gasteiger partial charge < -0.3 is 15.2 Å². The average molecular weight is 338 g/mol. The molecule has 23 heavy (non-hydrogen) atoms. The van der Waals surface area contributed by atoms with Gasteiger partial charge in [-0.05, 0) is 42.8 Å². The standard InChI is InChI=1S/C16H13ClFNO4/c1-9-2-4-11(7-13(9)18)19-15(21)8-23-16(22)12-5-3-10(17)6-14(12)20/h2-7,20H,8H2,1H3,(H,19,21). The van der Waals surface area contributed by atoms with Crippen LogP contribution in [0.3, 0.4) is 0 Å². The molecule has 0 bridgehead atoms. The number of halogens is 2. The maximum absolute atomic E-state index is 13.4. The molecule has 1 amide bonds. The number of ether oxygens (including phenoxy) is 1. The minimum atomic E-state index is -0.871. The molecule has 0 aliphatic heterocycles. The van der Waals surface area contributed by atoms with Gasteiger partial charge >= 0.3 is 5.97 Å². The quantitative estimate of drug-likeness (QED) is 0.839. The molecule has 0 aliphatic rings. The SMILES string of the molecule is Cc1ccc(NC(=O)COC(=O)c2ccc(Cl)cc2O)cc1F. The first-order valence-corrected chi connectivity index (χ1v) is 6.96. The van der Waals surface area contributed by atoms with Crippen LogP contribution in [0, 0.1) is 12.7 Å². The fourth-order valence-corrected chi connectivity index (χ4v) is 1.92. The van der Waals surface area contributed by atoms with E-state index in [-0.39, 0.29) is 22.0 Å². The zero-order valence-corrected chi connectivity index (χ0v) is 12.9. The van der Waals surface area contributed by atoms with Crippen LogP contribution in [0.15, 0.2) is 36.4 Å². The highest BCUT2D eigenvalue weighted by molar-refractivity contribution is 6.30. The van der Waals surface area contributed by atoms with Gasteiger partial charge in [-0.1, -0.05) is 17.7 Å². The highest BCUT2D eigenvalue weighted by Crippen LogP contribution is 2.22. The van der Waals surface area contributed by atoms with Gasteiger partial charge in [0.2, 0.25) is 0 Å². The summed E-state index contributed by atoms with van der Waals surface area (Å²) in [4.78, 5) is 23.5. The van der Waals surface area contributed by atoms with Crippen molar-refractivity contribution in [3.05, 3.63) is 58.4 Å². The van der Waals surface area contributed by atoms with E-state index in [1.54, 1.807) is 6.92 Å². The summed E-state index contributed by atoms with van der Waals surface area (Å²) in [5.74, 6) is -2.30. The van der Waals surface area contributed by atoms with Crippen molar-refractivity contribution < 1.29 is 23.8 Å². The first-order valence-electron chi connectivity index (χ1n) is 6.58. The maximum Gasteiger partial charge on any atom is 0.342 e. The third-order valence-corrected chi connectivity index (χ3v) is 3.20. The van der Waals surface area contributed by atoms with Gasteiger partial charge in [-0.2, -0.15) is 0 Å². The second kappa shape index (κ2) is 7.11. The third kappa shape index (κ3) is 4.43. The summed E-state index contributed by atoms with van der Waals surface area (Å²) >= 11 is 5.66. The molecule has 0 aliphatic carbocycles. The Morgan fingerprint density at radius 2 is 2.00 bits per heavy atom. The molecule has 7 heteroatoms. The van der Waals surface area contributed by atoms with E-state index in [1.165, 1.54) is 36.4 Å². The number of nitrogens with one attached hydrogen (secondary N) is 1. The number of phenols is 1. The molecule has 0 radical (unpaired) electrons. The van der Waals surface area contributed by atoms with Gasteiger partial charge in [0.05, 0.1) is 0 Å². The zero-order chi connectivity index (χ0) is 17.0. The largest absolute Gasteiger partial charge is 0.507 e. The van der Waals surface area contributed by atoms with Crippen LogP contribution in [0.1, 0.15) is 15.9 Å². The van der Waals surface area contributed by atoms with Crippen molar-refractivity contribution in [2.45, 2.75) is 6.92 Å². The van der Waals surface area contributed by atoms with Crippen molar-refractivity contribution in [2.24, 2.45) is 0 Å². The Kier molecular flexibility index (Phi) is 5.18. The van der Waals surface area contributed by atoms with Gasteiger partial charge in [-0.3, -0.25) is 4.79 Å². The van der Waals surface area contributed by atoms with E-state index in [9.17, 15) is 19.1 Å². The minimum absolute atomic E-state index is 0.108. The molecule has 0 spiro atoms. The summed E-state index contributed by atoms with van der Waals surface area (Å²) in [5.41, 5.74) is 0.597. The Labute approximate surface area is 136 Å². The Bertz CT molecular complexity index is 764. The second-order valence-electron chi connectivity index (χ2n) is 4.75. The number of rotatable bonds is 4. The van der Waals surface area contributed by atoms with Crippen molar-refractivity contribution in [1.82, 2.24) is 0 Å². The molecule has 2 rings (SSSR count). The Morgan fingerprint density at radius 3 is 2.65 bits per heavy atom. The van der Waals surface area contributed by atoms with E-state index in [2.05, 4.69) is 5.32 Å². The topological polar surface area (TPSA) is 75.6 Å². The van der Waals surface area contributed by atoms with Crippen LogP contribution in [0.25, 0.3) is 0 Å². The minimum Gasteiger partial charge on any atom is -0.507 e. The van der Waals surface area contributed by atoms with Crippen LogP contribution in [-0.2, 0) is 9.53 Å². The van der Waals surface area contributed by atoms with Gasteiger partial charge in [0.15, 0.2) is 6.61 Å². The van der Waals surface area contributed by atoms with Gasteiger partial charge in [0, 0.05) is 10.7 Å². The van der Waals surface area contributed by atoms with Crippen LogP contribution >= 0.6 is 11.6 Å². The number of aryl methyl sites for hydroxylation is 1. The lowest BCUT2D eigenvalue weighted by molar-refractivity contribution is -0.119. The van der Waals surface area contributed by atoms with Gasteiger partial charge in [0.1, 0.15) is 17.1 Å². The van der Waals surface area contributed by atoms with Gasteiger partial charge in [0.25, 0.3) is 5.91 Å². The third-order valence-electron chi connectivity index (χ3n) is 2.97. The maximum atomic E-state index is 13.4. The smallest absolute Gasteiger partial charge is 0.342 e. The molecule has 0 fully saturated rings. The molecule has 2 aromatic carbocycles. The van der Waals surface area contributed by atoms with Crippen LogP contribution in [0.5, 0.6) is 5.75 Å². The van der Waals surface area contributed by atoms with Crippen LogP contribution in [0.2, 0.25) is 5.02 Å². The van der Waals surface area contributed by atoms with E-state index in [0.29, 0.717) is 5.56 Å². The highest BCUT2D eigenvalue weighted by atomic mass is 35.5. The Balaban J connectivity index is 1.93. The van der Waals surface area contributed by atoms with E-state index in [1.807, 2.05) is 0 Å². The molecule has 0 aromatic heterocycles. The lowest BCUT2D eigenvalue weighted by Gasteiger charge is -2.08. The molecular formula is C16H13ClFNO4. The summed E-state index contributed by atoms with van der Waals surface area (Å²) in [6, 6.07) is 8.10. The molecule has 5 nitrogen and oxygen atoms in total. The first kappa shape index (κ1) is 16.8. The summed E-state index contributed by atoms with van der Waals surface area (Å²) < 4.78 is 18.2. The van der Waals surface area contributed by atoms with Gasteiger partial charge in [-0.15, -0.1) is 0 Å².